The van der Waals surface area contributed by atoms with Crippen molar-refractivity contribution >= 4 is 9.84 Å². The summed E-state index contributed by atoms with van der Waals surface area (Å²) in [5, 5.41) is 0. The minimum atomic E-state index is -3.14. The quantitative estimate of drug-likeness (QED) is 0.685. The van der Waals surface area contributed by atoms with Gasteiger partial charge in [-0.25, -0.2) is 8.42 Å². The Labute approximate surface area is 176 Å². The van der Waals surface area contributed by atoms with Gasteiger partial charge in [-0.05, 0) is 79.0 Å². The summed E-state index contributed by atoms with van der Waals surface area (Å²) in [5.41, 5.74) is 5.22. The van der Waals surface area contributed by atoms with Gasteiger partial charge in [0.1, 0.15) is 0 Å². The van der Waals surface area contributed by atoms with Crippen LogP contribution in [0.15, 0.2) is 47.4 Å². The van der Waals surface area contributed by atoms with Crippen molar-refractivity contribution in [3.05, 3.63) is 53.6 Å². The van der Waals surface area contributed by atoms with Crippen molar-refractivity contribution in [2.45, 2.75) is 69.9 Å². The first-order valence-electron chi connectivity index (χ1n) is 11.1. The monoisotopic (exact) mass is 411 g/mol. The molecule has 2 aromatic rings. The number of sulfone groups is 1. The van der Waals surface area contributed by atoms with Crippen molar-refractivity contribution in [2.75, 3.05) is 12.3 Å². The van der Waals surface area contributed by atoms with Crippen LogP contribution in [0.3, 0.4) is 0 Å². The number of hydrogen-bond acceptors (Lipinski definition) is 3. The first kappa shape index (κ1) is 20.6. The Morgan fingerprint density at radius 3 is 2.41 bits per heavy atom. The molecule has 2 atom stereocenters. The van der Waals surface area contributed by atoms with Crippen LogP contribution in [0.5, 0.6) is 0 Å². The fourth-order valence-electron chi connectivity index (χ4n) is 5.20. The van der Waals surface area contributed by atoms with Gasteiger partial charge in [0.05, 0.1) is 10.6 Å². The van der Waals surface area contributed by atoms with E-state index >= 15 is 0 Å². The summed E-state index contributed by atoms with van der Waals surface area (Å²) in [6, 6.07) is 15.6. The minimum absolute atomic E-state index is 0.140. The van der Waals surface area contributed by atoms with Crippen LogP contribution < -0.4 is 0 Å². The molecule has 0 radical (unpaired) electrons. The fourth-order valence-corrected chi connectivity index (χ4v) is 6.09. The van der Waals surface area contributed by atoms with E-state index in [0.717, 1.165) is 30.4 Å². The molecule has 0 spiro atoms. The first-order valence-corrected chi connectivity index (χ1v) is 12.7. The predicted molar refractivity (Wildman–Crippen MR) is 120 cm³/mol. The number of aryl methyl sites for hydroxylation is 1. The molecule has 2 aliphatic rings. The van der Waals surface area contributed by atoms with Gasteiger partial charge in [-0.2, -0.15) is 0 Å². The fraction of sp³-hybridized carbons (Fsp3) is 0.520. The molecule has 4 heteroatoms. The molecule has 156 valence electrons. The molecule has 1 fully saturated rings. The number of rotatable bonds is 5. The van der Waals surface area contributed by atoms with Crippen LogP contribution in [0.2, 0.25) is 0 Å². The van der Waals surface area contributed by atoms with Crippen molar-refractivity contribution in [1.29, 1.82) is 0 Å². The van der Waals surface area contributed by atoms with Crippen molar-refractivity contribution in [3.63, 3.8) is 0 Å². The van der Waals surface area contributed by atoms with E-state index in [4.69, 9.17) is 0 Å². The second kappa shape index (κ2) is 8.23. The first-order chi connectivity index (χ1) is 13.9. The van der Waals surface area contributed by atoms with Gasteiger partial charge in [0.15, 0.2) is 9.84 Å². The van der Waals surface area contributed by atoms with Crippen LogP contribution in [-0.4, -0.2) is 37.7 Å². The predicted octanol–water partition coefficient (Wildman–Crippen LogP) is 5.12. The highest BCUT2D eigenvalue weighted by Crippen LogP contribution is 2.34. The van der Waals surface area contributed by atoms with Crippen molar-refractivity contribution in [2.24, 2.45) is 5.92 Å². The second-order valence-electron chi connectivity index (χ2n) is 9.00. The lowest BCUT2D eigenvalue weighted by atomic mass is 9.85. The Bertz CT molecular complexity index is 963. The van der Waals surface area contributed by atoms with Crippen LogP contribution in [0.25, 0.3) is 11.1 Å². The second-order valence-corrected chi connectivity index (χ2v) is 11.3. The summed E-state index contributed by atoms with van der Waals surface area (Å²) in [5.74, 6) is 0.877. The largest absolute Gasteiger partial charge is 0.297 e. The molecule has 3 nitrogen and oxygen atoms in total. The van der Waals surface area contributed by atoms with Gasteiger partial charge in [-0.15, -0.1) is 0 Å². The molecule has 0 aromatic heterocycles. The number of fused-ring (bicyclic) bond motifs is 1. The molecule has 2 unspecified atom stereocenters. The van der Waals surface area contributed by atoms with E-state index in [0.29, 0.717) is 10.9 Å². The van der Waals surface area contributed by atoms with Gasteiger partial charge in [0.2, 0.25) is 0 Å². The maximum absolute atomic E-state index is 12.0. The Hall–Kier alpha value is -1.65. The number of likely N-dealkylation sites (tertiary alicyclic amines) is 1. The summed E-state index contributed by atoms with van der Waals surface area (Å²) in [4.78, 5) is 3.20. The van der Waals surface area contributed by atoms with Gasteiger partial charge in [-0.1, -0.05) is 51.1 Å². The zero-order valence-electron chi connectivity index (χ0n) is 17.9. The van der Waals surface area contributed by atoms with Gasteiger partial charge in [-0.3, -0.25) is 4.90 Å². The van der Waals surface area contributed by atoms with E-state index in [-0.39, 0.29) is 5.75 Å². The third-order valence-corrected chi connectivity index (χ3v) is 8.67. The van der Waals surface area contributed by atoms with Gasteiger partial charge >= 0.3 is 0 Å². The van der Waals surface area contributed by atoms with Crippen LogP contribution in [0.4, 0.5) is 0 Å². The van der Waals surface area contributed by atoms with Crippen molar-refractivity contribution < 1.29 is 8.42 Å². The molecular formula is C25H33NO2S. The lowest BCUT2D eigenvalue weighted by Crippen LogP contribution is -2.44. The van der Waals surface area contributed by atoms with Crippen LogP contribution in [-0.2, 0) is 22.7 Å². The minimum Gasteiger partial charge on any atom is -0.297 e. The SMILES string of the molecule is CCS(=O)(=O)c1ccc(-c2ccc3c(c2)CCC(N2CCCC2C(C)C)C3)cc1. The Morgan fingerprint density at radius 2 is 1.72 bits per heavy atom. The molecular weight excluding hydrogens is 378 g/mol. The summed E-state index contributed by atoms with van der Waals surface area (Å²) in [6.07, 6.45) is 6.23. The van der Waals surface area contributed by atoms with Gasteiger partial charge < -0.3 is 0 Å². The average Bonchev–Trinajstić information content (AvgIpc) is 3.23. The number of nitrogens with zero attached hydrogens (tertiary/aromatic N) is 1. The molecule has 1 aliphatic heterocycles. The Morgan fingerprint density at radius 1 is 1.00 bits per heavy atom. The van der Waals surface area contributed by atoms with E-state index < -0.39 is 9.84 Å². The van der Waals surface area contributed by atoms with E-state index in [1.165, 1.54) is 42.5 Å². The molecule has 1 heterocycles. The van der Waals surface area contributed by atoms with Crippen LogP contribution >= 0.6 is 0 Å². The molecule has 29 heavy (non-hydrogen) atoms. The normalized spacial score (nSPS) is 22.8. The smallest absolute Gasteiger partial charge is 0.178 e. The Kier molecular flexibility index (Phi) is 5.85. The van der Waals surface area contributed by atoms with Crippen molar-refractivity contribution in [1.82, 2.24) is 4.90 Å². The molecule has 0 amide bonds. The maximum atomic E-state index is 12.0. The third-order valence-electron chi connectivity index (χ3n) is 6.92. The molecule has 1 saturated heterocycles. The lowest BCUT2D eigenvalue weighted by molar-refractivity contribution is 0.134. The summed E-state index contributed by atoms with van der Waals surface area (Å²) >= 11 is 0. The summed E-state index contributed by atoms with van der Waals surface area (Å²) < 4.78 is 24.1. The molecule has 0 N–H and O–H groups in total. The highest BCUT2D eigenvalue weighted by atomic mass is 32.2. The summed E-state index contributed by atoms with van der Waals surface area (Å²) in [7, 11) is -3.14. The molecule has 4 rings (SSSR count). The number of hydrogen-bond donors (Lipinski definition) is 0. The topological polar surface area (TPSA) is 37.4 Å². The Balaban J connectivity index is 1.52. The lowest BCUT2D eigenvalue weighted by Gasteiger charge is -2.38. The van der Waals surface area contributed by atoms with Crippen LogP contribution in [0.1, 0.15) is 51.2 Å². The van der Waals surface area contributed by atoms with Crippen molar-refractivity contribution in [3.8, 4) is 11.1 Å². The zero-order valence-corrected chi connectivity index (χ0v) is 18.7. The average molecular weight is 412 g/mol. The molecule has 2 aromatic carbocycles. The zero-order chi connectivity index (χ0) is 20.6. The van der Waals surface area contributed by atoms with E-state index in [2.05, 4.69) is 36.9 Å². The highest BCUT2D eigenvalue weighted by Gasteiger charge is 2.34. The standard InChI is InChI=1S/C25H33NO2S/c1-4-29(27,28)24-13-10-19(11-14-24)20-7-8-22-17-23(12-9-21(22)16-20)26-15-5-6-25(26)18(2)3/h7-8,10-11,13-14,16,18,23,25H,4-6,9,12,15,17H2,1-3H3. The van der Waals surface area contributed by atoms with Gasteiger partial charge in [0, 0.05) is 12.1 Å². The van der Waals surface area contributed by atoms with E-state index in [1.54, 1.807) is 19.1 Å². The molecule has 0 saturated carbocycles. The van der Waals surface area contributed by atoms with E-state index in [9.17, 15) is 8.42 Å². The van der Waals surface area contributed by atoms with E-state index in [1.807, 2.05) is 12.1 Å². The third kappa shape index (κ3) is 4.15. The summed E-state index contributed by atoms with van der Waals surface area (Å²) in [6.45, 7) is 7.67. The molecule has 1 aliphatic carbocycles. The number of benzene rings is 2. The highest BCUT2D eigenvalue weighted by molar-refractivity contribution is 7.91. The van der Waals surface area contributed by atoms with Crippen LogP contribution in [0, 0.1) is 5.92 Å². The van der Waals surface area contributed by atoms with Gasteiger partial charge in [0.25, 0.3) is 0 Å². The maximum Gasteiger partial charge on any atom is 0.178 e. The molecule has 0 bridgehead atoms.